The maximum atomic E-state index is 11.4. The van der Waals surface area contributed by atoms with E-state index in [0.29, 0.717) is 22.0 Å². The van der Waals surface area contributed by atoms with E-state index in [-0.39, 0.29) is 11.4 Å². The molecule has 0 fully saturated rings. The summed E-state index contributed by atoms with van der Waals surface area (Å²) in [5, 5.41) is 18.7. The Hall–Kier alpha value is -4.24. The predicted octanol–water partition coefficient (Wildman–Crippen LogP) is 5.58. The van der Waals surface area contributed by atoms with Gasteiger partial charge >= 0.3 is 0 Å². The van der Waals surface area contributed by atoms with Crippen molar-refractivity contribution in [1.29, 1.82) is 0 Å². The molecule has 3 aromatic heterocycles. The number of furan rings is 2. The second kappa shape index (κ2) is 7.88. The fraction of sp³-hybridized carbons (Fsp3) is 0. The largest absolute Gasteiger partial charge is 0.463 e. The number of aromatic nitrogens is 1. The quantitative estimate of drug-likeness (QED) is 0.206. The first-order chi connectivity index (χ1) is 15.2. The fourth-order valence-corrected chi connectivity index (χ4v) is 3.89. The van der Waals surface area contributed by atoms with Crippen LogP contribution in [0.25, 0.3) is 22.4 Å². The minimum absolute atomic E-state index is 0.0808. The van der Waals surface area contributed by atoms with Crippen LogP contribution in [-0.2, 0) is 0 Å². The molecule has 5 aromatic rings. The molecule has 31 heavy (non-hydrogen) atoms. The normalized spacial score (nSPS) is 12.2. The molecule has 8 nitrogen and oxygen atoms in total. The zero-order chi connectivity index (χ0) is 21.2. The Balaban J connectivity index is 1.69. The average Bonchev–Trinajstić information content (AvgIpc) is 3.52. The van der Waals surface area contributed by atoms with Crippen LogP contribution in [0.1, 0.15) is 5.76 Å². The van der Waals surface area contributed by atoms with Gasteiger partial charge in [-0.15, -0.1) is 11.3 Å². The van der Waals surface area contributed by atoms with Crippen molar-refractivity contribution in [1.82, 2.24) is 4.68 Å². The van der Waals surface area contributed by atoms with Crippen molar-refractivity contribution < 1.29 is 13.8 Å². The number of hydrogen-bond acceptors (Lipinski definition) is 7. The smallest absolute Gasteiger partial charge is 0.294 e. The minimum atomic E-state index is -0.455. The van der Waals surface area contributed by atoms with Gasteiger partial charge < -0.3 is 8.83 Å². The molecule has 0 aliphatic heterocycles. The zero-order valence-electron chi connectivity index (χ0n) is 15.9. The van der Waals surface area contributed by atoms with E-state index in [2.05, 4.69) is 10.1 Å². The predicted molar refractivity (Wildman–Crippen MR) is 118 cm³/mol. The molecule has 0 saturated carbocycles. The first-order valence-corrected chi connectivity index (χ1v) is 10.1. The molecule has 3 heterocycles. The van der Waals surface area contributed by atoms with Crippen LogP contribution < -0.4 is 4.80 Å². The van der Waals surface area contributed by atoms with Crippen LogP contribution in [0.2, 0.25) is 0 Å². The molecule has 0 amide bonds. The van der Waals surface area contributed by atoms with Gasteiger partial charge in [0.25, 0.3) is 5.69 Å². The summed E-state index contributed by atoms with van der Waals surface area (Å²) < 4.78 is 12.9. The summed E-state index contributed by atoms with van der Waals surface area (Å²) in [6.07, 6.45) is 3.11. The van der Waals surface area contributed by atoms with E-state index in [1.54, 1.807) is 47.5 Å². The van der Waals surface area contributed by atoms with Crippen molar-refractivity contribution in [3.8, 4) is 11.5 Å². The lowest BCUT2D eigenvalue weighted by Crippen LogP contribution is -2.11. The summed E-state index contributed by atoms with van der Waals surface area (Å²) in [7, 11) is 0. The molecule has 0 aliphatic carbocycles. The zero-order valence-corrected chi connectivity index (χ0v) is 16.7. The number of nitro groups is 1. The van der Waals surface area contributed by atoms with Crippen LogP contribution >= 0.6 is 11.3 Å². The van der Waals surface area contributed by atoms with Crippen LogP contribution in [0.5, 0.6) is 0 Å². The summed E-state index contributed by atoms with van der Waals surface area (Å²) >= 11 is 1.30. The average molecular weight is 430 g/mol. The van der Waals surface area contributed by atoms with Gasteiger partial charge in [-0.3, -0.25) is 10.1 Å². The number of fused-ring (bicyclic) bond motifs is 1. The van der Waals surface area contributed by atoms with Gasteiger partial charge in [0, 0.05) is 16.8 Å². The Morgan fingerprint density at radius 2 is 1.90 bits per heavy atom. The highest BCUT2D eigenvalue weighted by atomic mass is 32.1. The van der Waals surface area contributed by atoms with Gasteiger partial charge in [0.05, 0.1) is 17.4 Å². The molecular formula is C22H14N4O4S. The van der Waals surface area contributed by atoms with Crippen molar-refractivity contribution in [3.05, 3.63) is 99.0 Å². The van der Waals surface area contributed by atoms with E-state index in [1.165, 1.54) is 17.4 Å². The molecule has 0 N–H and O–H groups in total. The van der Waals surface area contributed by atoms with Gasteiger partial charge in [0.1, 0.15) is 22.7 Å². The Morgan fingerprint density at radius 3 is 2.71 bits per heavy atom. The molecule has 0 spiro atoms. The Kier molecular flexibility index (Phi) is 4.77. The molecule has 2 aromatic carbocycles. The highest BCUT2D eigenvalue weighted by Crippen LogP contribution is 2.29. The summed E-state index contributed by atoms with van der Waals surface area (Å²) in [6.45, 7) is 0. The van der Waals surface area contributed by atoms with Crippen molar-refractivity contribution in [2.75, 3.05) is 0 Å². The number of benzene rings is 2. The molecule has 152 valence electrons. The highest BCUT2D eigenvalue weighted by Gasteiger charge is 2.15. The molecule has 0 saturated heterocycles. The number of nitrogens with zero attached hydrogens (tertiary/aromatic N) is 4. The lowest BCUT2D eigenvalue weighted by atomic mass is 10.2. The lowest BCUT2D eigenvalue weighted by molar-refractivity contribution is -0.384. The molecule has 0 bridgehead atoms. The second-order valence-electron chi connectivity index (χ2n) is 6.48. The third kappa shape index (κ3) is 3.69. The van der Waals surface area contributed by atoms with Gasteiger partial charge in [-0.1, -0.05) is 30.3 Å². The standard InChI is InChI=1S/C22H14N4O4S/c27-26(28)18-9-3-2-8-17(18)24-22-25(23-13-16-7-5-11-29-16)19(14-31-22)21-12-15-6-1-4-10-20(15)30-21/h1-14H. The third-order valence-corrected chi connectivity index (χ3v) is 5.32. The van der Waals surface area contributed by atoms with E-state index in [0.717, 1.165) is 11.0 Å². The molecule has 0 aliphatic rings. The topological polar surface area (TPSA) is 99.1 Å². The SMILES string of the molecule is O=[N+]([O-])c1ccccc1N=c1scc(-c2cc3ccccc3o2)n1N=Cc1ccco1. The van der Waals surface area contributed by atoms with Crippen molar-refractivity contribution in [3.63, 3.8) is 0 Å². The van der Waals surface area contributed by atoms with Gasteiger partial charge in [-0.2, -0.15) is 5.10 Å². The first kappa shape index (κ1) is 18.8. The van der Waals surface area contributed by atoms with Crippen LogP contribution in [0.4, 0.5) is 11.4 Å². The van der Waals surface area contributed by atoms with Gasteiger partial charge in [0.2, 0.25) is 4.80 Å². The van der Waals surface area contributed by atoms with Crippen LogP contribution in [0.15, 0.2) is 97.3 Å². The Morgan fingerprint density at radius 1 is 1.06 bits per heavy atom. The number of nitro benzene ring substituents is 1. The molecule has 9 heteroatoms. The third-order valence-electron chi connectivity index (χ3n) is 4.50. The van der Waals surface area contributed by atoms with E-state index in [4.69, 9.17) is 8.83 Å². The highest BCUT2D eigenvalue weighted by molar-refractivity contribution is 7.07. The maximum Gasteiger partial charge on any atom is 0.294 e. The summed E-state index contributed by atoms with van der Waals surface area (Å²) in [5.74, 6) is 1.17. The monoisotopic (exact) mass is 430 g/mol. The van der Waals surface area contributed by atoms with E-state index < -0.39 is 4.92 Å². The maximum absolute atomic E-state index is 11.4. The molecule has 0 unspecified atom stereocenters. The molecular weight excluding hydrogens is 416 g/mol. The van der Waals surface area contributed by atoms with E-state index in [1.807, 2.05) is 35.7 Å². The van der Waals surface area contributed by atoms with Crippen LogP contribution in [0, 0.1) is 10.1 Å². The second-order valence-corrected chi connectivity index (χ2v) is 7.32. The van der Waals surface area contributed by atoms with Crippen molar-refractivity contribution in [2.45, 2.75) is 0 Å². The number of thiazole rings is 1. The lowest BCUT2D eigenvalue weighted by Gasteiger charge is -2.00. The van der Waals surface area contributed by atoms with Crippen LogP contribution in [-0.4, -0.2) is 15.8 Å². The summed E-state index contributed by atoms with van der Waals surface area (Å²) in [4.78, 5) is 15.9. The number of rotatable bonds is 5. The van der Waals surface area contributed by atoms with Crippen molar-refractivity contribution >= 4 is 39.9 Å². The number of hydrogen-bond donors (Lipinski definition) is 0. The minimum Gasteiger partial charge on any atom is -0.463 e. The van der Waals surface area contributed by atoms with Gasteiger partial charge in [-0.05, 0) is 30.3 Å². The van der Waals surface area contributed by atoms with E-state index >= 15 is 0 Å². The van der Waals surface area contributed by atoms with Crippen molar-refractivity contribution in [2.24, 2.45) is 10.1 Å². The molecule has 0 radical (unpaired) electrons. The van der Waals surface area contributed by atoms with Gasteiger partial charge in [-0.25, -0.2) is 9.67 Å². The van der Waals surface area contributed by atoms with E-state index in [9.17, 15) is 10.1 Å². The van der Waals surface area contributed by atoms with Crippen LogP contribution in [0.3, 0.4) is 0 Å². The first-order valence-electron chi connectivity index (χ1n) is 9.24. The Bertz CT molecular complexity index is 1440. The molecule has 0 atom stereocenters. The number of para-hydroxylation sites is 3. The molecule has 5 rings (SSSR count). The summed E-state index contributed by atoms with van der Waals surface area (Å²) in [6, 6.07) is 19.5. The summed E-state index contributed by atoms with van der Waals surface area (Å²) in [5.41, 5.74) is 1.58. The Labute approximate surface area is 179 Å². The van der Waals surface area contributed by atoms with Gasteiger partial charge in [0.15, 0.2) is 5.76 Å². The fourth-order valence-electron chi connectivity index (χ4n) is 3.06.